The van der Waals surface area contributed by atoms with Crippen LogP contribution in [0.15, 0.2) is 52.3 Å². The summed E-state index contributed by atoms with van der Waals surface area (Å²) in [5.74, 6) is 0. The predicted molar refractivity (Wildman–Crippen MR) is 128 cm³/mol. The van der Waals surface area contributed by atoms with Crippen LogP contribution in [0.25, 0.3) is 0 Å². The van der Waals surface area contributed by atoms with Crippen LogP contribution in [0.2, 0.25) is 0 Å². The van der Waals surface area contributed by atoms with Crippen LogP contribution >= 0.6 is 11.8 Å². The molecule has 0 atom stereocenters. The average Bonchev–Trinajstić information content (AvgIpc) is 2.77. The van der Waals surface area contributed by atoms with E-state index in [1.165, 1.54) is 65.9 Å². The van der Waals surface area contributed by atoms with Crippen molar-refractivity contribution in [2.45, 2.75) is 23.1 Å². The van der Waals surface area contributed by atoms with Crippen molar-refractivity contribution in [3.63, 3.8) is 0 Å². The summed E-state index contributed by atoms with van der Waals surface area (Å²) in [4.78, 5) is 10.5. The van der Waals surface area contributed by atoms with Gasteiger partial charge in [0.2, 0.25) is 0 Å². The van der Waals surface area contributed by atoms with Crippen LogP contribution in [0.5, 0.6) is 0 Å². The number of hydrogen-bond donors (Lipinski definition) is 2. The Hall–Kier alpha value is -1.57. The van der Waals surface area contributed by atoms with Gasteiger partial charge in [0, 0.05) is 68.7 Å². The summed E-state index contributed by atoms with van der Waals surface area (Å²) in [5, 5.41) is 3.40. The molecule has 5 nitrogen and oxygen atoms in total. The van der Waals surface area contributed by atoms with Gasteiger partial charge in [-0.1, -0.05) is 30.0 Å². The Kier molecular flexibility index (Phi) is 7.68. The van der Waals surface area contributed by atoms with Gasteiger partial charge >= 0.3 is 0 Å². The van der Waals surface area contributed by atoms with Gasteiger partial charge in [-0.2, -0.15) is 0 Å². The lowest BCUT2D eigenvalue weighted by Gasteiger charge is -2.36. The third-order valence-corrected chi connectivity index (χ3v) is 7.16. The zero-order valence-electron chi connectivity index (χ0n) is 18.1. The molecule has 0 unspecified atom stereocenters. The molecule has 3 N–H and O–H groups in total. The second-order valence-electron chi connectivity index (χ2n) is 8.27. The molecule has 162 valence electrons. The topological polar surface area (TPSA) is 47.8 Å². The van der Waals surface area contributed by atoms with Crippen LogP contribution in [-0.2, 0) is 0 Å². The van der Waals surface area contributed by atoms with Gasteiger partial charge in [-0.15, -0.1) is 0 Å². The number of benzene rings is 2. The first-order chi connectivity index (χ1) is 14.7. The maximum Gasteiger partial charge on any atom is 0.0555 e. The van der Waals surface area contributed by atoms with Gasteiger partial charge < -0.3 is 20.9 Å². The third kappa shape index (κ3) is 5.37. The summed E-state index contributed by atoms with van der Waals surface area (Å²) in [6, 6.07) is 15.7. The zero-order valence-corrected chi connectivity index (χ0v) is 19.0. The van der Waals surface area contributed by atoms with Gasteiger partial charge in [0.25, 0.3) is 0 Å². The fourth-order valence-corrected chi connectivity index (χ4v) is 5.41. The minimum absolute atomic E-state index is 0.720. The average molecular weight is 426 g/mol. The molecule has 0 radical (unpaired) electrons. The molecule has 0 aromatic heterocycles. The molecular weight excluding hydrogens is 390 g/mol. The first-order valence-corrected chi connectivity index (χ1v) is 12.1. The van der Waals surface area contributed by atoms with Crippen molar-refractivity contribution in [3.8, 4) is 0 Å². The molecule has 2 aromatic rings. The minimum atomic E-state index is 0.720. The lowest BCUT2D eigenvalue weighted by Crippen LogP contribution is -2.48. The normalized spacial score (nSPS) is 17.1. The van der Waals surface area contributed by atoms with E-state index in [1.807, 2.05) is 11.8 Å². The summed E-state index contributed by atoms with van der Waals surface area (Å²) in [6.45, 7) is 13.0. The Balaban J connectivity index is 1.29. The second kappa shape index (κ2) is 10.6. The highest BCUT2D eigenvalue weighted by Gasteiger charge is 2.23. The van der Waals surface area contributed by atoms with Crippen LogP contribution in [0.4, 0.5) is 11.4 Å². The third-order valence-electron chi connectivity index (χ3n) is 6.03. The number of hydrogen-bond acceptors (Lipinski definition) is 6. The summed E-state index contributed by atoms with van der Waals surface area (Å²) in [5.41, 5.74) is 9.59. The fourth-order valence-electron chi connectivity index (χ4n) is 4.33. The Morgan fingerprint density at radius 1 is 0.867 bits per heavy atom. The van der Waals surface area contributed by atoms with E-state index >= 15 is 0 Å². The summed E-state index contributed by atoms with van der Waals surface area (Å²) >= 11 is 1.90. The molecule has 0 saturated carbocycles. The van der Waals surface area contributed by atoms with Gasteiger partial charge in [-0.05, 0) is 49.7 Å². The highest BCUT2D eigenvalue weighted by atomic mass is 32.2. The van der Waals surface area contributed by atoms with Crippen molar-refractivity contribution < 1.29 is 0 Å². The highest BCUT2D eigenvalue weighted by molar-refractivity contribution is 7.99. The fraction of sp³-hybridized carbons (Fsp3) is 0.500. The van der Waals surface area contributed by atoms with E-state index in [0.717, 1.165) is 32.7 Å². The van der Waals surface area contributed by atoms with E-state index in [0.29, 0.717) is 0 Å². The number of anilines is 2. The van der Waals surface area contributed by atoms with E-state index in [1.54, 1.807) is 0 Å². The molecule has 30 heavy (non-hydrogen) atoms. The molecule has 0 spiro atoms. The van der Waals surface area contributed by atoms with Crippen LogP contribution < -0.4 is 16.0 Å². The number of para-hydroxylation sites is 1. The second-order valence-corrected chi connectivity index (χ2v) is 9.35. The molecule has 0 amide bonds. The highest BCUT2D eigenvalue weighted by Crippen LogP contribution is 2.48. The van der Waals surface area contributed by atoms with Gasteiger partial charge in [0.15, 0.2) is 0 Å². The Labute approximate surface area is 185 Å². The van der Waals surface area contributed by atoms with Gasteiger partial charge in [-0.3, -0.25) is 4.90 Å². The lowest BCUT2D eigenvalue weighted by atomic mass is 10.1. The molecule has 2 heterocycles. The molecule has 2 aliphatic heterocycles. The van der Waals surface area contributed by atoms with E-state index < -0.39 is 0 Å². The summed E-state index contributed by atoms with van der Waals surface area (Å²) < 4.78 is 0. The van der Waals surface area contributed by atoms with Crippen LogP contribution in [-0.4, -0.2) is 75.2 Å². The Morgan fingerprint density at radius 2 is 1.60 bits per heavy atom. The van der Waals surface area contributed by atoms with Crippen molar-refractivity contribution in [2.75, 3.05) is 70.3 Å². The number of nitrogens with one attached hydrogen (secondary N) is 1. The molecule has 2 aliphatic rings. The molecule has 2 aromatic carbocycles. The van der Waals surface area contributed by atoms with Gasteiger partial charge in [0.05, 0.1) is 11.4 Å². The number of nitrogens with zero attached hydrogens (tertiary/aromatic N) is 3. The Morgan fingerprint density at radius 3 is 2.40 bits per heavy atom. The number of piperazine rings is 1. The Bertz CT molecular complexity index is 819. The van der Waals surface area contributed by atoms with E-state index in [4.69, 9.17) is 5.73 Å². The van der Waals surface area contributed by atoms with E-state index in [9.17, 15) is 0 Å². The first-order valence-electron chi connectivity index (χ1n) is 11.2. The van der Waals surface area contributed by atoms with Crippen molar-refractivity contribution in [3.05, 3.63) is 48.0 Å². The van der Waals surface area contributed by atoms with E-state index in [-0.39, 0.29) is 0 Å². The molecule has 6 heteroatoms. The van der Waals surface area contributed by atoms with Crippen molar-refractivity contribution in [1.82, 2.24) is 15.1 Å². The van der Waals surface area contributed by atoms with Crippen LogP contribution in [0.1, 0.15) is 12.0 Å². The predicted octanol–water partition coefficient (Wildman–Crippen LogP) is 3.15. The summed E-state index contributed by atoms with van der Waals surface area (Å²) in [6.07, 6.45) is 1.18. The molecular formula is C24H35N5S. The molecule has 1 saturated heterocycles. The zero-order chi connectivity index (χ0) is 20.8. The van der Waals surface area contributed by atoms with Gasteiger partial charge in [-0.25, -0.2) is 0 Å². The number of fused-ring (bicyclic) bond motifs is 2. The molecule has 4 rings (SSSR count). The SMILES string of the molecule is Cc1ccc2c(c1)N(CCCN1CCN(CCNCCN)CC1)c1ccccc1S2. The summed E-state index contributed by atoms with van der Waals surface area (Å²) in [7, 11) is 0. The molecule has 0 bridgehead atoms. The number of aryl methyl sites for hydroxylation is 1. The largest absolute Gasteiger partial charge is 0.340 e. The standard InChI is InChI=1S/C24H35N5S/c1-20-7-8-24-22(19-20)29(21-5-2-3-6-23(21)30-24)13-4-12-27-15-17-28(18-16-27)14-11-26-10-9-25/h2-3,5-8,19,26H,4,9-18,25H2,1H3. The smallest absolute Gasteiger partial charge is 0.0555 e. The lowest BCUT2D eigenvalue weighted by molar-refractivity contribution is 0.132. The maximum absolute atomic E-state index is 5.54. The van der Waals surface area contributed by atoms with Crippen molar-refractivity contribution >= 4 is 23.1 Å². The molecule has 1 fully saturated rings. The van der Waals surface area contributed by atoms with Crippen molar-refractivity contribution in [2.24, 2.45) is 5.73 Å². The first kappa shape index (κ1) is 21.7. The number of rotatable bonds is 9. The maximum atomic E-state index is 5.54. The van der Waals surface area contributed by atoms with E-state index in [2.05, 4.69) is 69.4 Å². The van der Waals surface area contributed by atoms with Gasteiger partial charge in [0.1, 0.15) is 0 Å². The van der Waals surface area contributed by atoms with Crippen LogP contribution in [0, 0.1) is 6.92 Å². The minimum Gasteiger partial charge on any atom is -0.340 e. The van der Waals surface area contributed by atoms with Crippen molar-refractivity contribution in [1.29, 1.82) is 0 Å². The quantitative estimate of drug-likeness (QED) is 0.602. The molecule has 0 aliphatic carbocycles. The number of nitrogens with two attached hydrogens (primary N) is 1. The van der Waals surface area contributed by atoms with Crippen LogP contribution in [0.3, 0.4) is 0 Å². The monoisotopic (exact) mass is 425 g/mol.